The molecule has 1 N–H and O–H groups in total. The van der Waals surface area contributed by atoms with Crippen molar-refractivity contribution < 1.29 is 23.6 Å². The highest BCUT2D eigenvalue weighted by Gasteiger charge is 2.16. The monoisotopic (exact) mass is 450 g/mol. The third kappa shape index (κ3) is 5.84. The third-order valence-corrected chi connectivity index (χ3v) is 4.68. The molecule has 0 unspecified atom stereocenters. The number of amides is 1. The number of rotatable bonds is 9. The molecular weight excluding hydrogens is 436 g/mol. The summed E-state index contributed by atoms with van der Waals surface area (Å²) < 4.78 is 15.9. The lowest BCUT2D eigenvalue weighted by molar-refractivity contribution is -0.385. The maximum absolute atomic E-state index is 12.1. The molecule has 2 aromatic carbocycles. The number of nitrogens with one attached hydrogen (secondary N) is 1. The van der Waals surface area contributed by atoms with Crippen molar-refractivity contribution in [3.8, 4) is 11.5 Å². The van der Waals surface area contributed by atoms with E-state index in [4.69, 9.17) is 25.5 Å². The predicted molar refractivity (Wildman–Crippen MR) is 109 cm³/mol. The van der Waals surface area contributed by atoms with Crippen LogP contribution >= 0.6 is 23.4 Å². The highest BCUT2D eigenvalue weighted by molar-refractivity contribution is 7.99. The summed E-state index contributed by atoms with van der Waals surface area (Å²) in [6.45, 7) is 0.0734. The van der Waals surface area contributed by atoms with Gasteiger partial charge in [0.05, 0.1) is 17.8 Å². The maximum Gasteiger partial charge on any atom is 0.311 e. The quantitative estimate of drug-likeness (QED) is 0.292. The molecule has 0 spiro atoms. The minimum absolute atomic E-state index is 0.00101. The molecule has 0 atom stereocenters. The number of carbonyl (C=O) groups excluding carboxylic acids is 1. The molecule has 3 rings (SSSR count). The summed E-state index contributed by atoms with van der Waals surface area (Å²) in [6, 6.07) is 10.9. The summed E-state index contributed by atoms with van der Waals surface area (Å²) >= 11 is 6.86. The van der Waals surface area contributed by atoms with Gasteiger partial charge in [-0.15, -0.1) is 10.2 Å². The van der Waals surface area contributed by atoms with Crippen molar-refractivity contribution >= 4 is 40.6 Å². The number of benzene rings is 2. The minimum atomic E-state index is -0.565. The molecule has 156 valence electrons. The van der Waals surface area contributed by atoms with Crippen molar-refractivity contribution in [1.82, 2.24) is 10.2 Å². The number of nitrogens with zero attached hydrogens (tertiary/aromatic N) is 3. The Labute approximate surface area is 179 Å². The van der Waals surface area contributed by atoms with Gasteiger partial charge >= 0.3 is 5.69 Å². The Morgan fingerprint density at radius 3 is 2.73 bits per heavy atom. The number of ether oxygens (including phenoxy) is 2. The molecule has 0 aliphatic rings. The number of thioether (sulfide) groups is 1. The smallest absolute Gasteiger partial charge is 0.311 e. The van der Waals surface area contributed by atoms with E-state index in [0.29, 0.717) is 16.5 Å². The van der Waals surface area contributed by atoms with Gasteiger partial charge in [-0.25, -0.2) is 0 Å². The Balaban J connectivity index is 1.49. The van der Waals surface area contributed by atoms with Crippen LogP contribution in [0.15, 0.2) is 52.1 Å². The van der Waals surface area contributed by atoms with E-state index < -0.39 is 4.92 Å². The van der Waals surface area contributed by atoms with Gasteiger partial charge in [-0.05, 0) is 30.3 Å². The standard InChI is InChI=1S/C18H15ClN4O6S/c1-27-15-8-12(4-7-14(15)23(25)26)20-16(24)10-30-18-22-21-17(29-18)9-28-13-5-2-11(19)3-6-13/h2-8H,9-10H2,1H3,(H,20,24). The molecule has 3 aromatic rings. The summed E-state index contributed by atoms with van der Waals surface area (Å²) in [5.74, 6) is 0.553. The van der Waals surface area contributed by atoms with Gasteiger partial charge in [0.2, 0.25) is 5.91 Å². The van der Waals surface area contributed by atoms with E-state index in [1.165, 1.54) is 25.3 Å². The van der Waals surface area contributed by atoms with E-state index in [2.05, 4.69) is 15.5 Å². The Morgan fingerprint density at radius 1 is 1.27 bits per heavy atom. The molecule has 0 aliphatic carbocycles. The number of halogens is 1. The first-order valence-corrected chi connectivity index (χ1v) is 9.77. The third-order valence-electron chi connectivity index (χ3n) is 3.61. The van der Waals surface area contributed by atoms with Crippen molar-refractivity contribution in [3.63, 3.8) is 0 Å². The van der Waals surface area contributed by atoms with Gasteiger partial charge in [-0.2, -0.15) is 0 Å². The first-order chi connectivity index (χ1) is 14.4. The SMILES string of the molecule is COc1cc(NC(=O)CSc2nnc(COc3ccc(Cl)cc3)o2)ccc1[N+](=O)[O-]. The minimum Gasteiger partial charge on any atom is -0.490 e. The van der Waals surface area contributed by atoms with E-state index >= 15 is 0 Å². The second-order valence-corrected chi connectivity index (χ2v) is 7.05. The van der Waals surface area contributed by atoms with E-state index in [1.807, 2.05) is 0 Å². The molecular formula is C18H15ClN4O6S. The van der Waals surface area contributed by atoms with Crippen LogP contribution in [0.2, 0.25) is 5.02 Å². The number of nitro groups is 1. The van der Waals surface area contributed by atoms with Crippen LogP contribution in [0, 0.1) is 10.1 Å². The highest BCUT2D eigenvalue weighted by atomic mass is 35.5. The zero-order chi connectivity index (χ0) is 21.5. The second-order valence-electron chi connectivity index (χ2n) is 5.68. The van der Waals surface area contributed by atoms with Crippen molar-refractivity contribution in [3.05, 3.63) is 63.5 Å². The number of hydrogen-bond acceptors (Lipinski definition) is 9. The molecule has 10 nitrogen and oxygen atoms in total. The van der Waals surface area contributed by atoms with Crippen molar-refractivity contribution in [2.24, 2.45) is 0 Å². The van der Waals surface area contributed by atoms with Crippen molar-refractivity contribution in [2.45, 2.75) is 11.8 Å². The fraction of sp³-hybridized carbons (Fsp3) is 0.167. The molecule has 1 amide bonds. The molecule has 0 bridgehead atoms. The zero-order valence-corrected chi connectivity index (χ0v) is 17.1. The van der Waals surface area contributed by atoms with Gasteiger partial charge in [0, 0.05) is 22.8 Å². The van der Waals surface area contributed by atoms with Crippen LogP contribution in [-0.4, -0.2) is 33.9 Å². The van der Waals surface area contributed by atoms with E-state index in [0.717, 1.165) is 11.8 Å². The summed E-state index contributed by atoms with van der Waals surface area (Å²) in [7, 11) is 1.31. The molecule has 12 heteroatoms. The van der Waals surface area contributed by atoms with Crippen LogP contribution in [0.3, 0.4) is 0 Å². The lowest BCUT2D eigenvalue weighted by Gasteiger charge is -2.07. The van der Waals surface area contributed by atoms with E-state index in [1.54, 1.807) is 24.3 Å². The predicted octanol–water partition coefficient (Wildman–Crippen LogP) is 3.95. The summed E-state index contributed by atoms with van der Waals surface area (Å²) in [6.07, 6.45) is 0. The number of anilines is 1. The van der Waals surface area contributed by atoms with E-state index in [-0.39, 0.29) is 40.8 Å². The van der Waals surface area contributed by atoms with Crippen molar-refractivity contribution in [2.75, 3.05) is 18.2 Å². The summed E-state index contributed by atoms with van der Waals surface area (Å²) in [5, 5.41) is 22.1. The van der Waals surface area contributed by atoms with Crippen LogP contribution in [0.4, 0.5) is 11.4 Å². The Bertz CT molecular complexity index is 1040. The molecule has 0 saturated carbocycles. The molecule has 0 aliphatic heterocycles. The van der Waals surface area contributed by atoms with Gasteiger partial charge in [-0.1, -0.05) is 23.4 Å². The average molecular weight is 451 g/mol. The van der Waals surface area contributed by atoms with Gasteiger partial charge in [0.1, 0.15) is 5.75 Å². The van der Waals surface area contributed by atoms with Crippen LogP contribution in [0.25, 0.3) is 0 Å². The van der Waals surface area contributed by atoms with E-state index in [9.17, 15) is 14.9 Å². The topological polar surface area (TPSA) is 130 Å². The van der Waals surface area contributed by atoms with Gasteiger partial charge < -0.3 is 19.2 Å². The van der Waals surface area contributed by atoms with Crippen LogP contribution in [0.5, 0.6) is 11.5 Å². The van der Waals surface area contributed by atoms with Crippen LogP contribution in [-0.2, 0) is 11.4 Å². The van der Waals surface area contributed by atoms with Gasteiger partial charge in [0.25, 0.3) is 11.1 Å². The lowest BCUT2D eigenvalue weighted by Crippen LogP contribution is -2.14. The first kappa shape index (κ1) is 21.4. The molecule has 1 heterocycles. The normalized spacial score (nSPS) is 10.5. The molecule has 0 saturated heterocycles. The fourth-order valence-electron chi connectivity index (χ4n) is 2.26. The summed E-state index contributed by atoms with van der Waals surface area (Å²) in [5.41, 5.74) is 0.176. The van der Waals surface area contributed by atoms with Crippen LogP contribution < -0.4 is 14.8 Å². The van der Waals surface area contributed by atoms with Gasteiger partial charge in [-0.3, -0.25) is 14.9 Å². The highest BCUT2D eigenvalue weighted by Crippen LogP contribution is 2.29. The fourth-order valence-corrected chi connectivity index (χ4v) is 2.97. The number of aromatic nitrogens is 2. The Kier molecular flexibility index (Phi) is 7.09. The largest absolute Gasteiger partial charge is 0.490 e. The zero-order valence-electron chi connectivity index (χ0n) is 15.5. The van der Waals surface area contributed by atoms with Crippen molar-refractivity contribution in [1.29, 1.82) is 0 Å². The molecule has 0 fully saturated rings. The molecule has 30 heavy (non-hydrogen) atoms. The Morgan fingerprint density at radius 2 is 2.03 bits per heavy atom. The number of methoxy groups -OCH3 is 1. The number of carbonyl (C=O) groups is 1. The average Bonchev–Trinajstić information content (AvgIpc) is 3.19. The maximum atomic E-state index is 12.1. The molecule has 0 radical (unpaired) electrons. The van der Waals surface area contributed by atoms with Crippen LogP contribution in [0.1, 0.15) is 5.89 Å². The lowest BCUT2D eigenvalue weighted by atomic mass is 10.2. The summed E-state index contributed by atoms with van der Waals surface area (Å²) in [4.78, 5) is 22.5. The first-order valence-electron chi connectivity index (χ1n) is 8.40. The van der Waals surface area contributed by atoms with Gasteiger partial charge in [0.15, 0.2) is 12.4 Å². The Hall–Kier alpha value is -3.31. The molecule has 1 aromatic heterocycles. The number of nitro benzene ring substituents is 1. The number of hydrogen-bond donors (Lipinski definition) is 1. The second kappa shape index (κ2) is 9.94.